The van der Waals surface area contributed by atoms with Gasteiger partial charge in [0.05, 0.1) is 7.11 Å². The topological polar surface area (TPSA) is 43.4 Å². The van der Waals surface area contributed by atoms with E-state index in [1.165, 1.54) is 7.11 Å². The molecule has 0 aromatic heterocycles. The second kappa shape index (κ2) is 6.00. The van der Waals surface area contributed by atoms with E-state index in [1.54, 1.807) is 0 Å². The molecule has 1 unspecified atom stereocenters. The maximum atomic E-state index is 12.6. The minimum atomic E-state index is -0.731. The number of esters is 1. The highest BCUT2D eigenvalue weighted by molar-refractivity contribution is 6.10. The van der Waals surface area contributed by atoms with Gasteiger partial charge in [0.15, 0.2) is 5.78 Å². The van der Waals surface area contributed by atoms with Crippen LogP contribution < -0.4 is 0 Å². The van der Waals surface area contributed by atoms with Gasteiger partial charge in [0, 0.05) is 5.56 Å². The smallest absolute Gasteiger partial charge is 0.316 e. The fourth-order valence-corrected chi connectivity index (χ4v) is 2.53. The Morgan fingerprint density at radius 3 is 1.89 bits per heavy atom. The molecule has 0 N–H and O–H groups in total. The molecule has 0 heterocycles. The van der Waals surface area contributed by atoms with Crippen molar-refractivity contribution in [3.8, 4) is 0 Å². The third kappa shape index (κ3) is 3.22. The molecule has 1 aromatic rings. The second-order valence-corrected chi connectivity index (χ2v) is 5.38. The molecular formula is C16H22O3. The SMILES string of the molecule is COC(=O)C(C(=O)c1c(C)cc(C)cc1C)C(C)C. The molecule has 0 spiro atoms. The van der Waals surface area contributed by atoms with Gasteiger partial charge < -0.3 is 4.74 Å². The van der Waals surface area contributed by atoms with Crippen LogP contribution in [0.3, 0.4) is 0 Å². The van der Waals surface area contributed by atoms with Crippen molar-refractivity contribution in [2.24, 2.45) is 11.8 Å². The Morgan fingerprint density at radius 1 is 1.05 bits per heavy atom. The summed E-state index contributed by atoms with van der Waals surface area (Å²) >= 11 is 0. The van der Waals surface area contributed by atoms with Crippen molar-refractivity contribution in [3.63, 3.8) is 0 Å². The molecule has 104 valence electrons. The van der Waals surface area contributed by atoms with Gasteiger partial charge in [-0.1, -0.05) is 31.5 Å². The predicted molar refractivity (Wildman–Crippen MR) is 75.3 cm³/mol. The summed E-state index contributed by atoms with van der Waals surface area (Å²) in [4.78, 5) is 24.5. The van der Waals surface area contributed by atoms with Crippen molar-refractivity contribution >= 4 is 11.8 Å². The average molecular weight is 262 g/mol. The van der Waals surface area contributed by atoms with Crippen molar-refractivity contribution in [2.75, 3.05) is 7.11 Å². The molecule has 19 heavy (non-hydrogen) atoms. The Labute approximate surface area is 115 Å². The summed E-state index contributed by atoms with van der Waals surface area (Å²) in [6, 6.07) is 3.93. The summed E-state index contributed by atoms with van der Waals surface area (Å²) in [5, 5.41) is 0. The molecule has 0 aliphatic heterocycles. The first kappa shape index (κ1) is 15.4. The van der Waals surface area contributed by atoms with Crippen molar-refractivity contribution in [2.45, 2.75) is 34.6 Å². The first-order valence-corrected chi connectivity index (χ1v) is 6.49. The van der Waals surface area contributed by atoms with E-state index in [0.29, 0.717) is 5.56 Å². The lowest BCUT2D eigenvalue weighted by molar-refractivity contribution is -0.144. The molecule has 1 rings (SSSR count). The Morgan fingerprint density at radius 2 is 1.53 bits per heavy atom. The maximum Gasteiger partial charge on any atom is 0.316 e. The van der Waals surface area contributed by atoms with Gasteiger partial charge in [-0.3, -0.25) is 9.59 Å². The minimum Gasteiger partial charge on any atom is -0.468 e. The zero-order valence-electron chi connectivity index (χ0n) is 12.5. The van der Waals surface area contributed by atoms with Crippen LogP contribution in [-0.4, -0.2) is 18.9 Å². The highest BCUT2D eigenvalue weighted by Gasteiger charge is 2.33. The molecule has 0 radical (unpaired) electrons. The predicted octanol–water partition coefficient (Wildman–Crippen LogP) is 3.24. The summed E-state index contributed by atoms with van der Waals surface area (Å²) in [7, 11) is 1.32. The molecular weight excluding hydrogens is 240 g/mol. The Kier molecular flexibility index (Phi) is 4.87. The molecule has 0 aliphatic rings. The van der Waals surface area contributed by atoms with Gasteiger partial charge in [0.2, 0.25) is 0 Å². The zero-order valence-corrected chi connectivity index (χ0v) is 12.5. The normalized spacial score (nSPS) is 12.4. The van der Waals surface area contributed by atoms with Crippen LogP contribution in [0.25, 0.3) is 0 Å². The fraction of sp³-hybridized carbons (Fsp3) is 0.500. The minimum absolute atomic E-state index is 0.0833. The van der Waals surface area contributed by atoms with E-state index >= 15 is 0 Å². The largest absolute Gasteiger partial charge is 0.468 e. The van der Waals surface area contributed by atoms with Gasteiger partial charge in [-0.05, 0) is 37.8 Å². The van der Waals surface area contributed by atoms with Crippen LogP contribution in [0.15, 0.2) is 12.1 Å². The third-order valence-electron chi connectivity index (χ3n) is 3.33. The van der Waals surface area contributed by atoms with E-state index in [-0.39, 0.29) is 11.7 Å². The molecule has 0 fully saturated rings. The third-order valence-corrected chi connectivity index (χ3v) is 3.33. The van der Waals surface area contributed by atoms with Gasteiger partial charge in [-0.25, -0.2) is 0 Å². The number of rotatable bonds is 4. The van der Waals surface area contributed by atoms with Crippen LogP contribution in [0.1, 0.15) is 40.9 Å². The molecule has 0 amide bonds. The van der Waals surface area contributed by atoms with Gasteiger partial charge in [-0.15, -0.1) is 0 Å². The summed E-state index contributed by atoms with van der Waals surface area (Å²) < 4.78 is 4.76. The molecule has 3 heteroatoms. The number of ketones is 1. The molecule has 1 aromatic carbocycles. The van der Waals surface area contributed by atoms with Crippen molar-refractivity contribution in [1.82, 2.24) is 0 Å². The monoisotopic (exact) mass is 262 g/mol. The van der Waals surface area contributed by atoms with E-state index in [4.69, 9.17) is 4.74 Å². The molecule has 1 atom stereocenters. The number of carbonyl (C=O) groups is 2. The molecule has 0 aliphatic carbocycles. The van der Waals surface area contributed by atoms with Gasteiger partial charge >= 0.3 is 5.97 Å². The highest BCUT2D eigenvalue weighted by atomic mass is 16.5. The summed E-state index contributed by atoms with van der Waals surface area (Å²) in [5.41, 5.74) is 3.59. The average Bonchev–Trinajstić information content (AvgIpc) is 2.26. The number of methoxy groups -OCH3 is 1. The van der Waals surface area contributed by atoms with Gasteiger partial charge in [0.1, 0.15) is 5.92 Å². The van der Waals surface area contributed by atoms with E-state index < -0.39 is 11.9 Å². The van der Waals surface area contributed by atoms with Crippen LogP contribution in [0.5, 0.6) is 0 Å². The standard InChI is InChI=1S/C16H22O3/c1-9(2)13(16(18)19-6)15(17)14-11(4)7-10(3)8-12(14)5/h7-9,13H,1-6H3. The van der Waals surface area contributed by atoms with Crippen molar-refractivity contribution < 1.29 is 14.3 Å². The van der Waals surface area contributed by atoms with E-state index in [1.807, 2.05) is 46.8 Å². The number of Topliss-reactive ketones (excluding diaryl/α,β-unsaturated/α-hetero) is 1. The Bertz CT molecular complexity index is 478. The molecule has 0 saturated heterocycles. The first-order chi connectivity index (χ1) is 8.79. The number of benzene rings is 1. The number of aryl methyl sites for hydroxylation is 3. The first-order valence-electron chi connectivity index (χ1n) is 6.49. The fourth-order valence-electron chi connectivity index (χ4n) is 2.53. The van der Waals surface area contributed by atoms with Gasteiger partial charge in [-0.2, -0.15) is 0 Å². The lowest BCUT2D eigenvalue weighted by atomic mass is 9.84. The van der Waals surface area contributed by atoms with Crippen molar-refractivity contribution in [1.29, 1.82) is 0 Å². The second-order valence-electron chi connectivity index (χ2n) is 5.38. The zero-order chi connectivity index (χ0) is 14.7. The lowest BCUT2D eigenvalue weighted by Gasteiger charge is -2.19. The molecule has 0 bridgehead atoms. The van der Waals surface area contributed by atoms with Crippen LogP contribution in [-0.2, 0) is 9.53 Å². The Balaban J connectivity index is 3.29. The summed E-state index contributed by atoms with van der Waals surface area (Å²) in [6.45, 7) is 9.52. The maximum absolute atomic E-state index is 12.6. The number of carbonyl (C=O) groups excluding carboxylic acids is 2. The quantitative estimate of drug-likeness (QED) is 0.475. The number of hydrogen-bond acceptors (Lipinski definition) is 3. The summed E-state index contributed by atoms with van der Waals surface area (Å²) in [6.07, 6.45) is 0. The van der Waals surface area contributed by atoms with Crippen LogP contribution in [0, 0.1) is 32.6 Å². The van der Waals surface area contributed by atoms with Crippen LogP contribution in [0.4, 0.5) is 0 Å². The Hall–Kier alpha value is -1.64. The number of hydrogen-bond donors (Lipinski definition) is 0. The van der Waals surface area contributed by atoms with Crippen LogP contribution >= 0.6 is 0 Å². The van der Waals surface area contributed by atoms with Crippen LogP contribution in [0.2, 0.25) is 0 Å². The molecule has 3 nitrogen and oxygen atoms in total. The lowest BCUT2D eigenvalue weighted by Crippen LogP contribution is -2.31. The van der Waals surface area contributed by atoms with E-state index in [9.17, 15) is 9.59 Å². The van der Waals surface area contributed by atoms with Crippen molar-refractivity contribution in [3.05, 3.63) is 34.4 Å². The highest BCUT2D eigenvalue weighted by Crippen LogP contribution is 2.24. The number of ether oxygens (including phenoxy) is 1. The van der Waals surface area contributed by atoms with E-state index in [0.717, 1.165) is 16.7 Å². The van der Waals surface area contributed by atoms with E-state index in [2.05, 4.69) is 0 Å². The molecule has 0 saturated carbocycles. The summed E-state index contributed by atoms with van der Waals surface area (Å²) in [5.74, 6) is -1.42. The van der Waals surface area contributed by atoms with Gasteiger partial charge in [0.25, 0.3) is 0 Å².